The third-order valence-electron chi connectivity index (χ3n) is 4.07. The summed E-state index contributed by atoms with van der Waals surface area (Å²) >= 11 is 6.31. The van der Waals surface area contributed by atoms with E-state index < -0.39 is 0 Å². The maximum absolute atomic E-state index is 8.94. The largest absolute Gasteiger partial charge is 0.368 e. The van der Waals surface area contributed by atoms with E-state index in [2.05, 4.69) is 26.3 Å². The Labute approximate surface area is 146 Å². The lowest BCUT2D eigenvalue weighted by Gasteiger charge is -2.21. The molecule has 2 aromatic rings. The highest BCUT2D eigenvalue weighted by Crippen LogP contribution is 2.30. The van der Waals surface area contributed by atoms with Crippen molar-refractivity contribution in [1.82, 2.24) is 9.97 Å². The molecule has 1 aromatic carbocycles. The molecule has 6 nitrogen and oxygen atoms in total. The number of aromatic nitrogens is 2. The first-order valence-corrected chi connectivity index (χ1v) is 8.15. The Morgan fingerprint density at radius 3 is 2.88 bits per heavy atom. The number of nitriles is 1. The van der Waals surface area contributed by atoms with Gasteiger partial charge in [0.25, 0.3) is 0 Å². The molecule has 1 aliphatic rings. The maximum atomic E-state index is 8.94. The summed E-state index contributed by atoms with van der Waals surface area (Å²) in [5, 5.41) is 13.0. The number of nitrogens with zero attached hydrogens (tertiary/aromatic N) is 5. The van der Waals surface area contributed by atoms with Gasteiger partial charge < -0.3 is 15.1 Å². The molecule has 1 atom stereocenters. The van der Waals surface area contributed by atoms with Crippen molar-refractivity contribution in [3.63, 3.8) is 0 Å². The molecule has 0 saturated carbocycles. The van der Waals surface area contributed by atoms with Gasteiger partial charge in [0.2, 0.25) is 0 Å². The molecule has 1 fully saturated rings. The summed E-state index contributed by atoms with van der Waals surface area (Å²) in [5.74, 6) is 1.70. The molecule has 1 aromatic heterocycles. The molecule has 1 saturated heterocycles. The molecule has 0 amide bonds. The van der Waals surface area contributed by atoms with Gasteiger partial charge in [0, 0.05) is 39.3 Å². The van der Waals surface area contributed by atoms with E-state index in [9.17, 15) is 0 Å². The first kappa shape index (κ1) is 16.3. The van der Waals surface area contributed by atoms with Gasteiger partial charge in [-0.05, 0) is 24.6 Å². The van der Waals surface area contributed by atoms with E-state index >= 15 is 0 Å². The minimum Gasteiger partial charge on any atom is -0.368 e. The van der Waals surface area contributed by atoms with Crippen LogP contribution in [0.4, 0.5) is 17.3 Å². The number of nitrogens with one attached hydrogen (secondary N) is 1. The van der Waals surface area contributed by atoms with Crippen molar-refractivity contribution in [3.05, 3.63) is 41.2 Å². The number of hydrogen-bond donors (Lipinski definition) is 1. The topological polar surface area (TPSA) is 68.1 Å². The van der Waals surface area contributed by atoms with Gasteiger partial charge in [-0.3, -0.25) is 0 Å². The van der Waals surface area contributed by atoms with Crippen LogP contribution in [0.5, 0.6) is 0 Å². The summed E-state index contributed by atoms with van der Waals surface area (Å²) in [6, 6.07) is 9.77. The summed E-state index contributed by atoms with van der Waals surface area (Å²) in [4.78, 5) is 12.7. The van der Waals surface area contributed by atoms with Crippen LogP contribution in [-0.4, -0.2) is 43.2 Å². The van der Waals surface area contributed by atoms with Crippen molar-refractivity contribution >= 4 is 28.9 Å². The fourth-order valence-corrected chi connectivity index (χ4v) is 3.11. The molecule has 0 radical (unpaired) electrons. The van der Waals surface area contributed by atoms with Gasteiger partial charge in [-0.1, -0.05) is 11.6 Å². The fraction of sp³-hybridized carbons (Fsp3) is 0.353. The normalized spacial score (nSPS) is 16.8. The fourth-order valence-electron chi connectivity index (χ4n) is 2.81. The summed E-state index contributed by atoms with van der Waals surface area (Å²) in [5.41, 5.74) is 1.55. The van der Waals surface area contributed by atoms with Crippen LogP contribution in [0.3, 0.4) is 0 Å². The van der Waals surface area contributed by atoms with Crippen LogP contribution in [0.25, 0.3) is 0 Å². The molecule has 0 bridgehead atoms. The van der Waals surface area contributed by atoms with E-state index in [4.69, 9.17) is 16.9 Å². The molecule has 7 heteroatoms. The Balaban J connectivity index is 1.68. The summed E-state index contributed by atoms with van der Waals surface area (Å²) in [7, 11) is 3.91. The summed E-state index contributed by atoms with van der Waals surface area (Å²) in [6.07, 6.45) is 2.57. The first-order valence-electron chi connectivity index (χ1n) is 7.77. The monoisotopic (exact) mass is 342 g/mol. The highest BCUT2D eigenvalue weighted by molar-refractivity contribution is 6.33. The number of hydrogen-bond acceptors (Lipinski definition) is 6. The second-order valence-electron chi connectivity index (χ2n) is 6.01. The molecule has 1 N–H and O–H groups in total. The SMILES string of the molecule is CN(C)c1cc(NC2CCN(c3ccc(C#N)cc3Cl)C2)ncn1. The zero-order valence-electron chi connectivity index (χ0n) is 13.7. The number of anilines is 3. The highest BCUT2D eigenvalue weighted by Gasteiger charge is 2.24. The molecule has 0 aliphatic carbocycles. The third-order valence-corrected chi connectivity index (χ3v) is 4.37. The van der Waals surface area contributed by atoms with E-state index in [0.29, 0.717) is 16.6 Å². The van der Waals surface area contributed by atoms with Crippen molar-refractivity contribution in [2.75, 3.05) is 42.3 Å². The molecule has 1 unspecified atom stereocenters. The smallest absolute Gasteiger partial charge is 0.133 e. The second-order valence-corrected chi connectivity index (χ2v) is 6.42. The van der Waals surface area contributed by atoms with Gasteiger partial charge in [-0.2, -0.15) is 5.26 Å². The van der Waals surface area contributed by atoms with Crippen molar-refractivity contribution < 1.29 is 0 Å². The van der Waals surface area contributed by atoms with Crippen LogP contribution < -0.4 is 15.1 Å². The summed E-state index contributed by atoms with van der Waals surface area (Å²) in [6.45, 7) is 1.75. The Hall–Kier alpha value is -2.52. The van der Waals surface area contributed by atoms with Crippen molar-refractivity contribution in [2.45, 2.75) is 12.5 Å². The first-order chi connectivity index (χ1) is 11.6. The lowest BCUT2D eigenvalue weighted by Crippen LogP contribution is -2.26. The number of rotatable bonds is 4. The predicted octanol–water partition coefficient (Wildman–Crippen LogP) is 2.76. The highest BCUT2D eigenvalue weighted by atomic mass is 35.5. The molecule has 1 aliphatic heterocycles. The zero-order valence-corrected chi connectivity index (χ0v) is 14.5. The molecule has 24 heavy (non-hydrogen) atoms. The van der Waals surface area contributed by atoms with Crippen LogP contribution in [-0.2, 0) is 0 Å². The third kappa shape index (κ3) is 3.52. The molecule has 0 spiro atoms. The molecule has 3 rings (SSSR count). The van der Waals surface area contributed by atoms with Crippen LogP contribution >= 0.6 is 11.6 Å². The van der Waals surface area contributed by atoms with Gasteiger partial charge in [-0.15, -0.1) is 0 Å². The van der Waals surface area contributed by atoms with E-state index in [1.165, 1.54) is 0 Å². The van der Waals surface area contributed by atoms with Crippen molar-refractivity contribution in [2.24, 2.45) is 0 Å². The van der Waals surface area contributed by atoms with Crippen LogP contribution in [0.15, 0.2) is 30.6 Å². The average Bonchev–Trinajstić information content (AvgIpc) is 3.03. The maximum Gasteiger partial charge on any atom is 0.133 e. The van der Waals surface area contributed by atoms with Crippen molar-refractivity contribution in [1.29, 1.82) is 5.26 Å². The number of halogens is 1. The second kappa shape index (κ2) is 6.93. The minimum atomic E-state index is 0.293. The van der Waals surface area contributed by atoms with E-state index in [1.807, 2.05) is 31.1 Å². The molecule has 2 heterocycles. The van der Waals surface area contributed by atoms with Gasteiger partial charge in [0.05, 0.1) is 22.3 Å². The molecular weight excluding hydrogens is 324 g/mol. The Bertz CT molecular complexity index is 770. The number of benzene rings is 1. The Kier molecular flexibility index (Phi) is 4.72. The summed E-state index contributed by atoms with van der Waals surface area (Å²) < 4.78 is 0. The van der Waals surface area contributed by atoms with Crippen LogP contribution in [0.2, 0.25) is 5.02 Å². The van der Waals surface area contributed by atoms with Crippen molar-refractivity contribution in [3.8, 4) is 6.07 Å². The Morgan fingerprint density at radius 1 is 1.33 bits per heavy atom. The van der Waals surface area contributed by atoms with Gasteiger partial charge in [-0.25, -0.2) is 9.97 Å². The van der Waals surface area contributed by atoms with E-state index in [1.54, 1.807) is 18.5 Å². The standard InChI is InChI=1S/C17H19ClN6/c1-23(2)17-8-16(20-11-21-17)22-13-5-6-24(10-13)15-4-3-12(9-19)7-14(15)18/h3-4,7-8,11,13H,5-6,10H2,1-2H3,(H,20,21,22). The quantitative estimate of drug-likeness (QED) is 0.921. The lowest BCUT2D eigenvalue weighted by atomic mass is 10.2. The van der Waals surface area contributed by atoms with Gasteiger partial charge in [0.15, 0.2) is 0 Å². The molecule has 124 valence electrons. The molecular formula is C17H19ClN6. The lowest BCUT2D eigenvalue weighted by molar-refractivity contribution is 0.799. The Morgan fingerprint density at radius 2 is 2.17 bits per heavy atom. The van der Waals surface area contributed by atoms with E-state index in [0.717, 1.165) is 36.8 Å². The van der Waals surface area contributed by atoms with Crippen LogP contribution in [0.1, 0.15) is 12.0 Å². The van der Waals surface area contributed by atoms with Gasteiger partial charge >= 0.3 is 0 Å². The minimum absolute atomic E-state index is 0.293. The average molecular weight is 343 g/mol. The van der Waals surface area contributed by atoms with Gasteiger partial charge in [0.1, 0.15) is 18.0 Å². The van der Waals surface area contributed by atoms with E-state index in [-0.39, 0.29) is 0 Å². The zero-order chi connectivity index (χ0) is 17.1. The predicted molar refractivity (Wildman–Crippen MR) is 96.8 cm³/mol. The van der Waals surface area contributed by atoms with Crippen LogP contribution in [0, 0.1) is 11.3 Å².